The minimum Gasteiger partial charge on any atom is -0.488 e. The molecule has 0 saturated heterocycles. The molecule has 0 radical (unpaired) electrons. The van der Waals surface area contributed by atoms with Crippen LogP contribution >= 0.6 is 11.6 Å². The van der Waals surface area contributed by atoms with Gasteiger partial charge in [-0.2, -0.15) is 0 Å². The molecule has 0 aliphatic rings. The van der Waals surface area contributed by atoms with E-state index in [-0.39, 0.29) is 11.6 Å². The fraction of sp³-hybridized carbons (Fsp3) is 0.188. The highest BCUT2D eigenvalue weighted by molar-refractivity contribution is 6.30. The Balaban J connectivity index is 2.21. The minimum absolute atomic E-state index is 0.0815. The summed E-state index contributed by atoms with van der Waals surface area (Å²) in [5.41, 5.74) is 2.85. The number of ether oxygens (including phenoxy) is 1. The number of oxime groups is 1. The van der Waals surface area contributed by atoms with Crippen molar-refractivity contribution in [3.8, 4) is 5.75 Å². The third kappa shape index (κ3) is 3.73. The number of benzene rings is 2. The van der Waals surface area contributed by atoms with Crippen LogP contribution in [0.5, 0.6) is 5.75 Å². The summed E-state index contributed by atoms with van der Waals surface area (Å²) in [6.45, 7) is 3.82. The lowest BCUT2D eigenvalue weighted by molar-refractivity contribution is 0.302. The van der Waals surface area contributed by atoms with Crippen LogP contribution in [0.1, 0.15) is 23.6 Å². The molecule has 21 heavy (non-hydrogen) atoms. The lowest BCUT2D eigenvalue weighted by atomic mass is 10.1. The normalized spacial score (nSPS) is 11.5. The molecule has 0 aromatic heterocycles. The van der Waals surface area contributed by atoms with Gasteiger partial charge in [0.25, 0.3) is 0 Å². The van der Waals surface area contributed by atoms with Crippen molar-refractivity contribution in [3.63, 3.8) is 0 Å². The Morgan fingerprint density at radius 3 is 2.71 bits per heavy atom. The smallest absolute Gasteiger partial charge is 0.142 e. The summed E-state index contributed by atoms with van der Waals surface area (Å²) < 4.78 is 19.1. The van der Waals surface area contributed by atoms with Gasteiger partial charge in [-0.1, -0.05) is 34.5 Å². The summed E-state index contributed by atoms with van der Waals surface area (Å²) in [5.74, 6) is 0.0984. The summed E-state index contributed by atoms with van der Waals surface area (Å²) in [4.78, 5) is 0. The monoisotopic (exact) mass is 307 g/mol. The van der Waals surface area contributed by atoms with Crippen LogP contribution in [-0.4, -0.2) is 10.9 Å². The lowest BCUT2D eigenvalue weighted by Gasteiger charge is -2.12. The second-order valence-electron chi connectivity index (χ2n) is 4.72. The van der Waals surface area contributed by atoms with E-state index in [9.17, 15) is 4.39 Å². The molecule has 0 fully saturated rings. The minimum atomic E-state index is -0.477. The Morgan fingerprint density at radius 1 is 1.29 bits per heavy atom. The summed E-state index contributed by atoms with van der Waals surface area (Å²) >= 11 is 5.64. The zero-order valence-corrected chi connectivity index (χ0v) is 12.5. The van der Waals surface area contributed by atoms with Crippen molar-refractivity contribution in [1.82, 2.24) is 0 Å². The first-order valence-corrected chi connectivity index (χ1v) is 6.75. The molecule has 0 spiro atoms. The van der Waals surface area contributed by atoms with Gasteiger partial charge in [-0.15, -0.1) is 0 Å². The van der Waals surface area contributed by atoms with Crippen LogP contribution in [-0.2, 0) is 6.61 Å². The highest BCUT2D eigenvalue weighted by Crippen LogP contribution is 2.23. The molecule has 5 heteroatoms. The van der Waals surface area contributed by atoms with E-state index in [1.807, 2.05) is 19.1 Å². The molecule has 2 rings (SSSR count). The Bertz CT molecular complexity index is 686. The molecule has 0 unspecified atom stereocenters. The maximum absolute atomic E-state index is 13.4. The molecule has 3 nitrogen and oxygen atoms in total. The molecule has 0 amide bonds. The van der Waals surface area contributed by atoms with Crippen LogP contribution in [0.15, 0.2) is 41.6 Å². The van der Waals surface area contributed by atoms with Gasteiger partial charge in [0.2, 0.25) is 0 Å². The van der Waals surface area contributed by atoms with Crippen LogP contribution < -0.4 is 4.74 Å². The van der Waals surface area contributed by atoms with Crippen LogP contribution in [0.4, 0.5) is 4.39 Å². The van der Waals surface area contributed by atoms with Crippen molar-refractivity contribution in [2.24, 2.45) is 5.16 Å². The maximum Gasteiger partial charge on any atom is 0.142 e. The average Bonchev–Trinajstić information content (AvgIpc) is 2.48. The zero-order valence-electron chi connectivity index (χ0n) is 11.7. The van der Waals surface area contributed by atoms with Crippen LogP contribution in [0.25, 0.3) is 0 Å². The van der Waals surface area contributed by atoms with Gasteiger partial charge in [0.05, 0.1) is 10.7 Å². The number of nitrogens with zero attached hydrogens (tertiary/aromatic N) is 1. The summed E-state index contributed by atoms with van der Waals surface area (Å²) in [7, 11) is 0. The lowest BCUT2D eigenvalue weighted by Crippen LogP contribution is -2.03. The number of hydrogen-bond donors (Lipinski definition) is 1. The van der Waals surface area contributed by atoms with E-state index in [0.717, 1.165) is 5.56 Å². The molecule has 110 valence electrons. The van der Waals surface area contributed by atoms with Gasteiger partial charge >= 0.3 is 0 Å². The second kappa shape index (κ2) is 6.59. The van der Waals surface area contributed by atoms with Crippen molar-refractivity contribution in [2.45, 2.75) is 20.5 Å². The van der Waals surface area contributed by atoms with Crippen molar-refractivity contribution in [1.29, 1.82) is 0 Å². The predicted octanol–water partition coefficient (Wildman–Crippen LogP) is 4.56. The molecule has 0 heterocycles. The number of hydrogen-bond acceptors (Lipinski definition) is 3. The van der Waals surface area contributed by atoms with E-state index in [1.54, 1.807) is 19.1 Å². The molecule has 1 N–H and O–H groups in total. The number of rotatable bonds is 4. The summed E-state index contributed by atoms with van der Waals surface area (Å²) in [5, 5.41) is 12.2. The highest BCUT2D eigenvalue weighted by atomic mass is 35.5. The molecule has 0 aliphatic carbocycles. The highest BCUT2D eigenvalue weighted by Gasteiger charge is 2.09. The first kappa shape index (κ1) is 15.3. The van der Waals surface area contributed by atoms with Crippen LogP contribution in [0.3, 0.4) is 0 Å². The fourth-order valence-corrected chi connectivity index (χ4v) is 2.01. The molecule has 0 bridgehead atoms. The largest absolute Gasteiger partial charge is 0.488 e. The van der Waals surface area contributed by atoms with Gasteiger partial charge in [-0.05, 0) is 43.7 Å². The maximum atomic E-state index is 13.4. The quantitative estimate of drug-likeness (QED) is 0.511. The van der Waals surface area contributed by atoms with Gasteiger partial charge < -0.3 is 9.94 Å². The molecule has 0 aliphatic heterocycles. The summed E-state index contributed by atoms with van der Waals surface area (Å²) in [6, 6.07) is 10.1. The van der Waals surface area contributed by atoms with Crippen molar-refractivity contribution < 1.29 is 14.3 Å². The van der Waals surface area contributed by atoms with E-state index in [1.165, 1.54) is 12.1 Å². The molecular weight excluding hydrogens is 293 g/mol. The van der Waals surface area contributed by atoms with Gasteiger partial charge in [0, 0.05) is 5.56 Å². The fourth-order valence-electron chi connectivity index (χ4n) is 1.90. The molecule has 0 atom stereocenters. The third-order valence-electron chi connectivity index (χ3n) is 3.05. The van der Waals surface area contributed by atoms with E-state index in [0.29, 0.717) is 22.6 Å². The van der Waals surface area contributed by atoms with Crippen LogP contribution in [0.2, 0.25) is 5.02 Å². The van der Waals surface area contributed by atoms with Crippen molar-refractivity contribution >= 4 is 17.3 Å². The third-order valence-corrected chi connectivity index (χ3v) is 3.36. The second-order valence-corrected chi connectivity index (χ2v) is 5.13. The predicted molar refractivity (Wildman–Crippen MR) is 80.9 cm³/mol. The molecular formula is C16H15ClFNO2. The Hall–Kier alpha value is -2.07. The Kier molecular flexibility index (Phi) is 4.81. The van der Waals surface area contributed by atoms with Gasteiger partial charge in [0.1, 0.15) is 18.2 Å². The molecule has 2 aromatic rings. The average molecular weight is 308 g/mol. The molecule has 0 saturated carbocycles. The zero-order chi connectivity index (χ0) is 15.4. The Labute approximate surface area is 127 Å². The van der Waals surface area contributed by atoms with Gasteiger partial charge in [-0.25, -0.2) is 4.39 Å². The van der Waals surface area contributed by atoms with Gasteiger partial charge in [0.15, 0.2) is 0 Å². The van der Waals surface area contributed by atoms with E-state index >= 15 is 0 Å². The van der Waals surface area contributed by atoms with Crippen molar-refractivity contribution in [2.75, 3.05) is 0 Å². The Morgan fingerprint density at radius 2 is 2.05 bits per heavy atom. The SMILES string of the molecule is C/C(=N/O)c1cc(C)ccc1OCc1ccc(Cl)c(F)c1. The first-order valence-electron chi connectivity index (χ1n) is 6.37. The summed E-state index contributed by atoms with van der Waals surface area (Å²) in [6.07, 6.45) is 0. The number of aryl methyl sites for hydroxylation is 1. The standard InChI is InChI=1S/C16H15ClFNO2/c1-10-3-6-16(13(7-10)11(2)19-20)21-9-12-4-5-14(17)15(18)8-12/h3-8,20H,9H2,1-2H3/b19-11-. The topological polar surface area (TPSA) is 41.8 Å². The van der Waals surface area contributed by atoms with Crippen LogP contribution in [0, 0.1) is 12.7 Å². The van der Waals surface area contributed by atoms with E-state index in [4.69, 9.17) is 21.5 Å². The molecule has 2 aromatic carbocycles. The van der Waals surface area contributed by atoms with E-state index in [2.05, 4.69) is 5.16 Å². The van der Waals surface area contributed by atoms with Gasteiger partial charge in [-0.3, -0.25) is 0 Å². The van der Waals surface area contributed by atoms with E-state index < -0.39 is 5.82 Å². The number of halogens is 2. The van der Waals surface area contributed by atoms with Crippen molar-refractivity contribution in [3.05, 3.63) is 63.9 Å². The first-order chi connectivity index (χ1) is 10.0.